The molecular weight excluding hydrogens is 343 g/mol. The molecule has 0 aromatic carbocycles. The van der Waals surface area contributed by atoms with Gasteiger partial charge in [-0.15, -0.1) is 0 Å². The second kappa shape index (κ2) is 6.07. The molecule has 1 aliphatic heterocycles. The molecule has 6 nitrogen and oxygen atoms in total. The Kier molecular flexibility index (Phi) is 4.48. The van der Waals surface area contributed by atoms with E-state index >= 15 is 0 Å². The minimum atomic E-state index is -0.603. The van der Waals surface area contributed by atoms with Crippen LogP contribution in [0.5, 0.6) is 0 Å². The molecule has 3 rings (SSSR count). The van der Waals surface area contributed by atoms with E-state index in [1.165, 1.54) is 4.57 Å². The number of carbonyl (C=O) groups is 1. The Hall–Kier alpha value is -1.86. The van der Waals surface area contributed by atoms with Gasteiger partial charge in [-0.2, -0.15) is 0 Å². The summed E-state index contributed by atoms with van der Waals surface area (Å²) in [7, 11) is -0.578. The van der Waals surface area contributed by atoms with Gasteiger partial charge in [-0.25, -0.2) is 14.3 Å². The summed E-state index contributed by atoms with van der Waals surface area (Å²) in [5.41, 5.74) is 1.38. The number of aryl methyl sites for hydroxylation is 1. The van der Waals surface area contributed by atoms with Gasteiger partial charge in [0.15, 0.2) is 0 Å². The van der Waals surface area contributed by atoms with Gasteiger partial charge in [-0.05, 0) is 74.4 Å². The SMILES string of the molecule is Cc1ccc2c(B3OC(C)(C)C(C)(C)O3)c(C)n(C(=O)OC(C)(C)C)c2n1. The summed E-state index contributed by atoms with van der Waals surface area (Å²) in [6.07, 6.45) is -0.453. The van der Waals surface area contributed by atoms with Crippen LogP contribution in [0.1, 0.15) is 59.9 Å². The maximum atomic E-state index is 12.9. The smallest absolute Gasteiger partial charge is 0.443 e. The van der Waals surface area contributed by atoms with Crippen LogP contribution in [0.15, 0.2) is 12.1 Å². The molecule has 27 heavy (non-hydrogen) atoms. The third-order valence-electron chi connectivity index (χ3n) is 5.31. The lowest BCUT2D eigenvalue weighted by molar-refractivity contribution is 0.00578. The zero-order chi connectivity index (χ0) is 20.4. The normalized spacial score (nSPS) is 18.9. The predicted molar refractivity (Wildman–Crippen MR) is 107 cm³/mol. The van der Waals surface area contributed by atoms with Crippen molar-refractivity contribution in [1.82, 2.24) is 9.55 Å². The van der Waals surface area contributed by atoms with Crippen molar-refractivity contribution < 1.29 is 18.8 Å². The average Bonchev–Trinajstić information content (AvgIpc) is 2.86. The maximum Gasteiger partial charge on any atom is 0.497 e. The Morgan fingerprint density at radius 3 is 2.19 bits per heavy atom. The van der Waals surface area contributed by atoms with Crippen LogP contribution in [-0.2, 0) is 14.0 Å². The molecule has 0 saturated carbocycles. The van der Waals surface area contributed by atoms with Crippen LogP contribution in [0.2, 0.25) is 0 Å². The largest absolute Gasteiger partial charge is 0.497 e. The Morgan fingerprint density at radius 2 is 1.67 bits per heavy atom. The molecule has 0 bridgehead atoms. The molecule has 0 spiro atoms. The zero-order valence-corrected chi connectivity index (χ0v) is 17.8. The van der Waals surface area contributed by atoms with Gasteiger partial charge >= 0.3 is 13.2 Å². The summed E-state index contributed by atoms with van der Waals surface area (Å²) < 4.78 is 19.6. The number of ether oxygens (including phenoxy) is 1. The fraction of sp³-hybridized carbons (Fsp3) is 0.600. The monoisotopic (exact) mass is 372 g/mol. The van der Waals surface area contributed by atoms with Crippen molar-refractivity contribution in [3.63, 3.8) is 0 Å². The lowest BCUT2D eigenvalue weighted by atomic mass is 9.77. The van der Waals surface area contributed by atoms with Gasteiger partial charge in [-0.3, -0.25) is 0 Å². The third kappa shape index (κ3) is 3.38. The van der Waals surface area contributed by atoms with Crippen LogP contribution in [0.4, 0.5) is 4.79 Å². The van der Waals surface area contributed by atoms with Gasteiger partial charge in [0.1, 0.15) is 11.2 Å². The van der Waals surface area contributed by atoms with Crippen molar-refractivity contribution in [1.29, 1.82) is 0 Å². The minimum Gasteiger partial charge on any atom is -0.443 e. The Bertz CT molecular complexity index is 893. The molecule has 1 saturated heterocycles. The summed E-state index contributed by atoms with van der Waals surface area (Å²) in [4.78, 5) is 17.5. The van der Waals surface area contributed by atoms with E-state index in [9.17, 15) is 4.79 Å². The van der Waals surface area contributed by atoms with Crippen molar-refractivity contribution in [2.24, 2.45) is 0 Å². The minimum absolute atomic E-state index is 0.453. The van der Waals surface area contributed by atoms with Crippen LogP contribution in [0, 0.1) is 13.8 Å². The highest BCUT2D eigenvalue weighted by Gasteiger charge is 2.53. The molecule has 0 N–H and O–H groups in total. The van der Waals surface area contributed by atoms with Crippen molar-refractivity contribution in [3.05, 3.63) is 23.5 Å². The molecule has 3 heterocycles. The van der Waals surface area contributed by atoms with E-state index in [2.05, 4.69) is 4.98 Å². The van der Waals surface area contributed by atoms with Crippen molar-refractivity contribution in [2.45, 2.75) is 79.1 Å². The zero-order valence-electron chi connectivity index (χ0n) is 17.8. The van der Waals surface area contributed by atoms with Crippen LogP contribution >= 0.6 is 0 Å². The summed E-state index contributed by atoms with van der Waals surface area (Å²) in [6, 6.07) is 3.89. The average molecular weight is 372 g/mol. The first-order valence-electron chi connectivity index (χ1n) is 9.31. The highest BCUT2D eigenvalue weighted by Crippen LogP contribution is 2.37. The highest BCUT2D eigenvalue weighted by molar-refractivity contribution is 6.65. The van der Waals surface area contributed by atoms with E-state index < -0.39 is 30.0 Å². The highest BCUT2D eigenvalue weighted by atomic mass is 16.7. The van der Waals surface area contributed by atoms with Crippen molar-refractivity contribution in [3.8, 4) is 0 Å². The fourth-order valence-corrected chi connectivity index (χ4v) is 3.19. The number of rotatable bonds is 1. The predicted octanol–water partition coefficient (Wildman–Crippen LogP) is 3.74. The maximum absolute atomic E-state index is 12.9. The van der Waals surface area contributed by atoms with E-state index in [-0.39, 0.29) is 0 Å². The number of nitrogens with zero attached hydrogens (tertiary/aromatic N) is 2. The fourth-order valence-electron chi connectivity index (χ4n) is 3.19. The van der Waals surface area contributed by atoms with Crippen LogP contribution < -0.4 is 5.46 Å². The summed E-state index contributed by atoms with van der Waals surface area (Å²) in [5, 5.41) is 0.836. The van der Waals surface area contributed by atoms with E-state index in [4.69, 9.17) is 14.0 Å². The van der Waals surface area contributed by atoms with E-state index in [0.29, 0.717) is 5.65 Å². The molecule has 0 radical (unpaired) electrons. The lowest BCUT2D eigenvalue weighted by Crippen LogP contribution is -2.41. The molecular formula is C20H29BN2O4. The quantitative estimate of drug-likeness (QED) is 0.714. The van der Waals surface area contributed by atoms with Gasteiger partial charge < -0.3 is 14.0 Å². The molecule has 0 amide bonds. The van der Waals surface area contributed by atoms with Crippen molar-refractivity contribution in [2.75, 3.05) is 0 Å². The van der Waals surface area contributed by atoms with Crippen molar-refractivity contribution >= 4 is 29.7 Å². The number of carbonyl (C=O) groups excluding carboxylic acids is 1. The van der Waals surface area contributed by atoms with E-state index in [0.717, 1.165) is 22.2 Å². The Balaban J connectivity index is 2.18. The molecule has 0 atom stereocenters. The summed E-state index contributed by atoms with van der Waals surface area (Å²) in [6.45, 7) is 17.4. The molecule has 7 heteroatoms. The summed E-state index contributed by atoms with van der Waals surface area (Å²) in [5.74, 6) is 0. The first-order valence-corrected chi connectivity index (χ1v) is 9.31. The second-order valence-electron chi connectivity index (χ2n) is 9.23. The number of pyridine rings is 1. The molecule has 2 aromatic heterocycles. The summed E-state index contributed by atoms with van der Waals surface area (Å²) >= 11 is 0. The van der Waals surface area contributed by atoms with Crippen LogP contribution in [-0.4, -0.2) is 39.6 Å². The Morgan fingerprint density at radius 1 is 1.11 bits per heavy atom. The number of hydrogen-bond acceptors (Lipinski definition) is 5. The molecule has 1 fully saturated rings. The molecule has 0 unspecified atom stereocenters. The third-order valence-corrected chi connectivity index (χ3v) is 5.31. The number of fused-ring (bicyclic) bond motifs is 1. The van der Waals surface area contributed by atoms with Gasteiger partial charge in [0, 0.05) is 22.2 Å². The van der Waals surface area contributed by atoms with E-state index in [1.54, 1.807) is 0 Å². The molecule has 2 aromatic rings. The Labute approximate surface area is 161 Å². The molecule has 146 valence electrons. The number of hydrogen-bond donors (Lipinski definition) is 0. The lowest BCUT2D eigenvalue weighted by Gasteiger charge is -2.32. The van der Waals surface area contributed by atoms with E-state index in [1.807, 2.05) is 74.4 Å². The molecule has 1 aliphatic rings. The number of aromatic nitrogens is 2. The standard InChI is InChI=1S/C20H29BN2O4/c1-12-10-11-14-15(21-26-19(6,7)20(8,9)27-21)13(2)23(16(14)22-12)17(24)25-18(3,4)5/h10-11H,1-9H3. The second-order valence-corrected chi connectivity index (χ2v) is 9.23. The van der Waals surface area contributed by atoms with Crippen LogP contribution in [0.25, 0.3) is 11.0 Å². The van der Waals surface area contributed by atoms with Crippen LogP contribution in [0.3, 0.4) is 0 Å². The van der Waals surface area contributed by atoms with Gasteiger partial charge in [0.2, 0.25) is 0 Å². The first-order chi connectivity index (χ1) is 12.2. The first kappa shape index (κ1) is 19.9. The molecule has 0 aliphatic carbocycles. The topological polar surface area (TPSA) is 62.6 Å². The van der Waals surface area contributed by atoms with Gasteiger partial charge in [0.25, 0.3) is 0 Å². The van der Waals surface area contributed by atoms with Gasteiger partial charge in [-0.1, -0.05) is 0 Å². The van der Waals surface area contributed by atoms with Gasteiger partial charge in [0.05, 0.1) is 11.2 Å².